The Morgan fingerprint density at radius 2 is 2.15 bits per heavy atom. The number of rotatable bonds is 4. The summed E-state index contributed by atoms with van der Waals surface area (Å²) in [4.78, 5) is 4.38. The largest absolute Gasteiger partial charge is 0.353 e. The number of nitrogens with zero attached hydrogens (tertiary/aromatic N) is 3. The minimum atomic E-state index is -0.211. The van der Waals surface area contributed by atoms with E-state index in [1.165, 1.54) is 12.1 Å². The minimum absolute atomic E-state index is 0.211. The molecule has 0 spiro atoms. The second-order valence-electron chi connectivity index (χ2n) is 4.37. The number of fused-ring (bicyclic) bond motifs is 1. The molecule has 0 saturated carbocycles. The molecule has 1 aromatic carbocycles. The van der Waals surface area contributed by atoms with Gasteiger partial charge in [0.2, 0.25) is 5.95 Å². The van der Waals surface area contributed by atoms with Crippen molar-refractivity contribution in [1.82, 2.24) is 14.6 Å². The lowest BCUT2D eigenvalue weighted by Crippen LogP contribution is -2.06. The van der Waals surface area contributed by atoms with Crippen LogP contribution in [-0.4, -0.2) is 21.1 Å². The van der Waals surface area contributed by atoms with E-state index in [-0.39, 0.29) is 5.82 Å². The van der Waals surface area contributed by atoms with Crippen LogP contribution in [0, 0.1) is 5.82 Å². The standard InChI is InChI=1S/C14H12BrFN4/c15-12-5-2-8-20-13(12)18-14(19-20)17-7-6-10-3-1-4-11(16)9-10/h1-5,8-9H,6-7H2,(H,17,19). The van der Waals surface area contributed by atoms with Crippen LogP contribution in [0.1, 0.15) is 5.56 Å². The van der Waals surface area contributed by atoms with Crippen molar-refractivity contribution in [2.24, 2.45) is 0 Å². The average Bonchev–Trinajstić information content (AvgIpc) is 2.83. The zero-order valence-electron chi connectivity index (χ0n) is 10.6. The topological polar surface area (TPSA) is 42.2 Å². The van der Waals surface area contributed by atoms with Crippen LogP contribution < -0.4 is 5.32 Å². The van der Waals surface area contributed by atoms with Crippen LogP contribution in [0.5, 0.6) is 0 Å². The first kappa shape index (κ1) is 13.1. The van der Waals surface area contributed by atoms with Crippen LogP contribution in [0.15, 0.2) is 47.1 Å². The third kappa shape index (κ3) is 2.80. The number of halogens is 2. The molecule has 0 aliphatic rings. The van der Waals surface area contributed by atoms with Gasteiger partial charge in [0.25, 0.3) is 0 Å². The molecule has 0 aliphatic carbocycles. The van der Waals surface area contributed by atoms with Crippen LogP contribution in [0.25, 0.3) is 5.65 Å². The maximum Gasteiger partial charge on any atom is 0.243 e. The van der Waals surface area contributed by atoms with Gasteiger partial charge in [0.1, 0.15) is 5.82 Å². The average molecular weight is 335 g/mol. The molecule has 0 saturated heterocycles. The quantitative estimate of drug-likeness (QED) is 0.796. The van der Waals surface area contributed by atoms with E-state index in [1.807, 2.05) is 24.4 Å². The van der Waals surface area contributed by atoms with Crippen molar-refractivity contribution >= 4 is 27.5 Å². The molecule has 0 unspecified atom stereocenters. The first-order valence-electron chi connectivity index (χ1n) is 6.21. The van der Waals surface area contributed by atoms with E-state index in [2.05, 4.69) is 31.3 Å². The van der Waals surface area contributed by atoms with E-state index in [0.717, 1.165) is 15.7 Å². The molecule has 0 aliphatic heterocycles. The molecule has 20 heavy (non-hydrogen) atoms. The summed E-state index contributed by atoms with van der Waals surface area (Å²) >= 11 is 3.43. The van der Waals surface area contributed by atoms with E-state index in [9.17, 15) is 4.39 Å². The number of anilines is 1. The lowest BCUT2D eigenvalue weighted by atomic mass is 10.1. The molecule has 0 bridgehead atoms. The Morgan fingerprint density at radius 3 is 2.95 bits per heavy atom. The van der Waals surface area contributed by atoms with Crippen LogP contribution in [0.3, 0.4) is 0 Å². The van der Waals surface area contributed by atoms with Gasteiger partial charge in [-0.1, -0.05) is 12.1 Å². The molecule has 2 aromatic heterocycles. The number of aromatic nitrogens is 3. The third-order valence-electron chi connectivity index (χ3n) is 2.90. The summed E-state index contributed by atoms with van der Waals surface area (Å²) in [6.07, 6.45) is 2.55. The monoisotopic (exact) mass is 334 g/mol. The highest BCUT2D eigenvalue weighted by Gasteiger charge is 2.05. The molecule has 0 atom stereocenters. The highest BCUT2D eigenvalue weighted by Crippen LogP contribution is 2.16. The van der Waals surface area contributed by atoms with Gasteiger partial charge in [0.05, 0.1) is 4.47 Å². The smallest absolute Gasteiger partial charge is 0.243 e. The van der Waals surface area contributed by atoms with Gasteiger partial charge in [-0.05, 0) is 52.2 Å². The highest BCUT2D eigenvalue weighted by molar-refractivity contribution is 9.10. The van der Waals surface area contributed by atoms with Crippen LogP contribution >= 0.6 is 15.9 Å². The molecular formula is C14H12BrFN4. The Balaban J connectivity index is 1.67. The second kappa shape index (κ2) is 5.58. The fourth-order valence-electron chi connectivity index (χ4n) is 1.96. The Bertz CT molecular complexity index is 741. The van der Waals surface area contributed by atoms with Crippen molar-refractivity contribution in [2.75, 3.05) is 11.9 Å². The summed E-state index contributed by atoms with van der Waals surface area (Å²) < 4.78 is 15.6. The Labute approximate surface area is 123 Å². The maximum atomic E-state index is 13.0. The van der Waals surface area contributed by atoms with Gasteiger partial charge in [-0.15, -0.1) is 5.10 Å². The molecule has 2 heterocycles. The Hall–Kier alpha value is -1.95. The Morgan fingerprint density at radius 1 is 1.25 bits per heavy atom. The number of hydrogen-bond acceptors (Lipinski definition) is 3. The van der Waals surface area contributed by atoms with Gasteiger partial charge in [-0.25, -0.2) is 8.91 Å². The van der Waals surface area contributed by atoms with Gasteiger partial charge in [-0.3, -0.25) is 0 Å². The van der Waals surface area contributed by atoms with Crippen molar-refractivity contribution in [3.63, 3.8) is 0 Å². The number of pyridine rings is 1. The van der Waals surface area contributed by atoms with Crippen LogP contribution in [-0.2, 0) is 6.42 Å². The first-order chi connectivity index (χ1) is 9.72. The third-order valence-corrected chi connectivity index (χ3v) is 3.52. The predicted octanol–water partition coefficient (Wildman–Crippen LogP) is 3.29. The number of nitrogens with one attached hydrogen (secondary N) is 1. The minimum Gasteiger partial charge on any atom is -0.353 e. The van der Waals surface area contributed by atoms with Crippen molar-refractivity contribution in [2.45, 2.75) is 6.42 Å². The SMILES string of the molecule is Fc1cccc(CCNc2nc3c(Br)cccn3n2)c1. The summed E-state index contributed by atoms with van der Waals surface area (Å²) in [6.45, 7) is 0.651. The normalized spacial score (nSPS) is 10.9. The van der Waals surface area contributed by atoms with Crippen molar-refractivity contribution < 1.29 is 4.39 Å². The van der Waals surface area contributed by atoms with E-state index in [1.54, 1.807) is 10.6 Å². The van der Waals surface area contributed by atoms with E-state index >= 15 is 0 Å². The summed E-state index contributed by atoms with van der Waals surface area (Å²) in [5.41, 5.74) is 1.71. The maximum absolute atomic E-state index is 13.0. The lowest BCUT2D eigenvalue weighted by molar-refractivity contribution is 0.625. The van der Waals surface area contributed by atoms with Gasteiger partial charge < -0.3 is 5.32 Å². The van der Waals surface area contributed by atoms with Crippen LogP contribution in [0.4, 0.5) is 10.3 Å². The first-order valence-corrected chi connectivity index (χ1v) is 7.01. The number of hydrogen-bond donors (Lipinski definition) is 1. The fraction of sp³-hybridized carbons (Fsp3) is 0.143. The van der Waals surface area contributed by atoms with E-state index in [0.29, 0.717) is 18.9 Å². The summed E-state index contributed by atoms with van der Waals surface area (Å²) in [7, 11) is 0. The lowest BCUT2D eigenvalue weighted by Gasteiger charge is -2.02. The second-order valence-corrected chi connectivity index (χ2v) is 5.22. The molecule has 3 rings (SSSR count). The Kier molecular flexibility index (Phi) is 3.64. The molecule has 6 heteroatoms. The zero-order valence-corrected chi connectivity index (χ0v) is 12.1. The van der Waals surface area contributed by atoms with Crippen molar-refractivity contribution in [1.29, 1.82) is 0 Å². The molecule has 0 fully saturated rings. The molecule has 0 radical (unpaired) electrons. The molecule has 102 valence electrons. The van der Waals surface area contributed by atoms with Crippen molar-refractivity contribution in [3.8, 4) is 0 Å². The van der Waals surface area contributed by atoms with Gasteiger partial charge in [-0.2, -0.15) is 4.98 Å². The highest BCUT2D eigenvalue weighted by atomic mass is 79.9. The van der Waals surface area contributed by atoms with Crippen LogP contribution in [0.2, 0.25) is 0 Å². The molecule has 0 amide bonds. The molecule has 1 N–H and O–H groups in total. The fourth-order valence-corrected chi connectivity index (χ4v) is 2.38. The van der Waals surface area contributed by atoms with Gasteiger partial charge in [0, 0.05) is 12.7 Å². The van der Waals surface area contributed by atoms with Crippen molar-refractivity contribution in [3.05, 3.63) is 58.4 Å². The molecular weight excluding hydrogens is 323 g/mol. The summed E-state index contributed by atoms with van der Waals surface area (Å²) in [5, 5.41) is 7.46. The molecule has 3 aromatic rings. The summed E-state index contributed by atoms with van der Waals surface area (Å²) in [5.74, 6) is 0.352. The zero-order chi connectivity index (χ0) is 13.9. The summed E-state index contributed by atoms with van der Waals surface area (Å²) in [6, 6.07) is 10.4. The van der Waals surface area contributed by atoms with Gasteiger partial charge in [0.15, 0.2) is 5.65 Å². The van der Waals surface area contributed by atoms with E-state index in [4.69, 9.17) is 0 Å². The predicted molar refractivity (Wildman–Crippen MR) is 79.3 cm³/mol. The van der Waals surface area contributed by atoms with E-state index < -0.39 is 0 Å². The molecule has 4 nitrogen and oxygen atoms in total. The van der Waals surface area contributed by atoms with Gasteiger partial charge >= 0.3 is 0 Å². The number of benzene rings is 1.